The Hall–Kier alpha value is -0.0100. The summed E-state index contributed by atoms with van der Waals surface area (Å²) in [4.78, 5) is 0.515. The van der Waals surface area contributed by atoms with Crippen LogP contribution in [0.1, 0.15) is 12.5 Å². The van der Waals surface area contributed by atoms with E-state index in [4.69, 9.17) is 11.6 Å². The summed E-state index contributed by atoms with van der Waals surface area (Å²) < 4.78 is 0. The summed E-state index contributed by atoms with van der Waals surface area (Å²) in [6, 6.07) is 7.96. The SMILES string of the molecule is C[C@@H](Br)Cc1cccc(Cl)c1. The van der Waals surface area contributed by atoms with Gasteiger partial charge in [-0.2, -0.15) is 0 Å². The Kier molecular flexibility index (Phi) is 3.41. The second kappa shape index (κ2) is 4.13. The lowest BCUT2D eigenvalue weighted by Gasteiger charge is -2.02. The topological polar surface area (TPSA) is 0 Å². The van der Waals surface area contributed by atoms with Gasteiger partial charge in [-0.1, -0.05) is 46.6 Å². The maximum absolute atomic E-state index is 5.81. The van der Waals surface area contributed by atoms with E-state index >= 15 is 0 Å². The number of hydrogen-bond donors (Lipinski definition) is 0. The molecule has 11 heavy (non-hydrogen) atoms. The molecule has 1 aromatic rings. The smallest absolute Gasteiger partial charge is 0.0408 e. The minimum absolute atomic E-state index is 0.515. The van der Waals surface area contributed by atoms with Gasteiger partial charge in [0.1, 0.15) is 0 Å². The average Bonchev–Trinajstić information content (AvgIpc) is 1.85. The first-order valence-corrected chi connectivity index (χ1v) is 4.86. The van der Waals surface area contributed by atoms with Gasteiger partial charge in [0.05, 0.1) is 0 Å². The Morgan fingerprint density at radius 2 is 2.27 bits per heavy atom. The van der Waals surface area contributed by atoms with E-state index in [0.29, 0.717) is 4.83 Å². The molecule has 0 aromatic heterocycles. The van der Waals surface area contributed by atoms with Crippen LogP contribution in [0.25, 0.3) is 0 Å². The predicted molar refractivity (Wildman–Crippen MR) is 53.5 cm³/mol. The number of rotatable bonds is 2. The maximum atomic E-state index is 5.81. The lowest BCUT2D eigenvalue weighted by molar-refractivity contribution is 0.960. The molecule has 0 aliphatic rings. The van der Waals surface area contributed by atoms with Gasteiger partial charge in [-0.3, -0.25) is 0 Å². The van der Waals surface area contributed by atoms with E-state index in [2.05, 4.69) is 28.9 Å². The third kappa shape index (κ3) is 3.26. The second-order valence-electron chi connectivity index (χ2n) is 2.61. The average molecular weight is 234 g/mol. The lowest BCUT2D eigenvalue weighted by Crippen LogP contribution is -1.95. The van der Waals surface area contributed by atoms with Crippen molar-refractivity contribution in [3.63, 3.8) is 0 Å². The molecule has 0 radical (unpaired) electrons. The predicted octanol–water partition coefficient (Wildman–Crippen LogP) is 3.67. The van der Waals surface area contributed by atoms with Crippen LogP contribution in [0.3, 0.4) is 0 Å². The van der Waals surface area contributed by atoms with Gasteiger partial charge in [0, 0.05) is 9.85 Å². The zero-order chi connectivity index (χ0) is 8.27. The Bertz CT molecular complexity index is 233. The highest BCUT2D eigenvalue weighted by Crippen LogP contribution is 2.14. The van der Waals surface area contributed by atoms with Crippen molar-refractivity contribution >= 4 is 27.5 Å². The molecule has 0 saturated carbocycles. The van der Waals surface area contributed by atoms with Crippen LogP contribution in [0.2, 0.25) is 5.02 Å². The van der Waals surface area contributed by atoms with Gasteiger partial charge in [-0.25, -0.2) is 0 Å². The number of hydrogen-bond acceptors (Lipinski definition) is 0. The molecule has 0 bridgehead atoms. The summed E-state index contributed by atoms with van der Waals surface area (Å²) in [5.41, 5.74) is 1.28. The lowest BCUT2D eigenvalue weighted by atomic mass is 10.1. The molecule has 0 fully saturated rings. The Morgan fingerprint density at radius 1 is 1.55 bits per heavy atom. The number of halogens is 2. The molecule has 1 rings (SSSR count). The largest absolute Gasteiger partial charge is 0.0890 e. The van der Waals surface area contributed by atoms with Gasteiger partial charge in [-0.15, -0.1) is 0 Å². The zero-order valence-electron chi connectivity index (χ0n) is 6.35. The molecular formula is C9H10BrCl. The highest BCUT2D eigenvalue weighted by molar-refractivity contribution is 9.09. The van der Waals surface area contributed by atoms with E-state index in [-0.39, 0.29) is 0 Å². The van der Waals surface area contributed by atoms with Crippen molar-refractivity contribution in [2.24, 2.45) is 0 Å². The first-order chi connectivity index (χ1) is 5.18. The van der Waals surface area contributed by atoms with Crippen molar-refractivity contribution in [3.05, 3.63) is 34.9 Å². The van der Waals surface area contributed by atoms with Crippen LogP contribution in [0, 0.1) is 0 Å². The van der Waals surface area contributed by atoms with Crippen molar-refractivity contribution in [3.8, 4) is 0 Å². The van der Waals surface area contributed by atoms with Gasteiger partial charge < -0.3 is 0 Å². The summed E-state index contributed by atoms with van der Waals surface area (Å²) in [6.45, 7) is 2.13. The van der Waals surface area contributed by atoms with Gasteiger partial charge in [0.2, 0.25) is 0 Å². The van der Waals surface area contributed by atoms with Crippen molar-refractivity contribution < 1.29 is 0 Å². The van der Waals surface area contributed by atoms with Crippen molar-refractivity contribution in [2.45, 2.75) is 18.2 Å². The van der Waals surface area contributed by atoms with Gasteiger partial charge in [0.25, 0.3) is 0 Å². The highest BCUT2D eigenvalue weighted by atomic mass is 79.9. The van der Waals surface area contributed by atoms with E-state index < -0.39 is 0 Å². The van der Waals surface area contributed by atoms with Crippen LogP contribution in [-0.4, -0.2) is 4.83 Å². The van der Waals surface area contributed by atoms with Crippen molar-refractivity contribution in [2.75, 3.05) is 0 Å². The van der Waals surface area contributed by atoms with Crippen LogP contribution in [-0.2, 0) is 6.42 Å². The molecule has 2 heteroatoms. The molecular weight excluding hydrogens is 223 g/mol. The third-order valence-corrected chi connectivity index (χ3v) is 1.96. The summed E-state index contributed by atoms with van der Waals surface area (Å²) in [7, 11) is 0. The summed E-state index contributed by atoms with van der Waals surface area (Å²) >= 11 is 9.31. The van der Waals surface area contributed by atoms with Crippen LogP contribution in [0.5, 0.6) is 0 Å². The molecule has 0 aliphatic heterocycles. The molecule has 0 aliphatic carbocycles. The second-order valence-corrected chi connectivity index (χ2v) is 4.61. The molecule has 0 saturated heterocycles. The molecule has 0 N–H and O–H groups in total. The fourth-order valence-electron chi connectivity index (χ4n) is 0.989. The van der Waals surface area contributed by atoms with Gasteiger partial charge in [0.15, 0.2) is 0 Å². The molecule has 0 unspecified atom stereocenters. The Balaban J connectivity index is 2.71. The summed E-state index contributed by atoms with van der Waals surface area (Å²) in [5.74, 6) is 0. The number of benzene rings is 1. The van der Waals surface area contributed by atoms with Crippen molar-refractivity contribution in [1.82, 2.24) is 0 Å². The first-order valence-electron chi connectivity index (χ1n) is 3.57. The highest BCUT2D eigenvalue weighted by Gasteiger charge is 1.98. The maximum Gasteiger partial charge on any atom is 0.0408 e. The molecule has 1 aromatic carbocycles. The Morgan fingerprint density at radius 3 is 2.82 bits per heavy atom. The molecule has 0 amide bonds. The normalized spacial score (nSPS) is 13.0. The fourth-order valence-corrected chi connectivity index (χ4v) is 1.58. The van der Waals surface area contributed by atoms with Crippen LogP contribution < -0.4 is 0 Å². The molecule has 1 atom stereocenters. The van der Waals surface area contributed by atoms with Crippen LogP contribution in [0.15, 0.2) is 24.3 Å². The third-order valence-electron chi connectivity index (χ3n) is 1.41. The molecule has 0 spiro atoms. The number of alkyl halides is 1. The molecule has 0 heterocycles. The molecule has 0 nitrogen and oxygen atoms in total. The Labute approximate surface area is 80.7 Å². The monoisotopic (exact) mass is 232 g/mol. The van der Waals surface area contributed by atoms with E-state index in [9.17, 15) is 0 Å². The first kappa shape index (κ1) is 9.08. The van der Waals surface area contributed by atoms with Crippen LogP contribution >= 0.6 is 27.5 Å². The van der Waals surface area contributed by atoms with Gasteiger partial charge >= 0.3 is 0 Å². The van der Waals surface area contributed by atoms with Crippen LogP contribution in [0.4, 0.5) is 0 Å². The fraction of sp³-hybridized carbons (Fsp3) is 0.333. The minimum atomic E-state index is 0.515. The van der Waals surface area contributed by atoms with Gasteiger partial charge in [-0.05, 0) is 24.1 Å². The standard InChI is InChI=1S/C9H10BrCl/c1-7(10)5-8-3-2-4-9(11)6-8/h2-4,6-7H,5H2,1H3/t7-/m1/s1. The summed E-state index contributed by atoms with van der Waals surface area (Å²) in [5, 5.41) is 0.815. The van der Waals surface area contributed by atoms with E-state index in [0.717, 1.165) is 11.4 Å². The van der Waals surface area contributed by atoms with E-state index in [1.165, 1.54) is 5.56 Å². The molecule has 60 valence electrons. The van der Waals surface area contributed by atoms with E-state index in [1.807, 2.05) is 18.2 Å². The summed E-state index contributed by atoms with van der Waals surface area (Å²) in [6.07, 6.45) is 1.03. The minimum Gasteiger partial charge on any atom is -0.0890 e. The van der Waals surface area contributed by atoms with Crippen molar-refractivity contribution in [1.29, 1.82) is 0 Å². The zero-order valence-corrected chi connectivity index (χ0v) is 8.69. The quantitative estimate of drug-likeness (QED) is 0.684. The van der Waals surface area contributed by atoms with E-state index in [1.54, 1.807) is 0 Å².